The molecule has 0 aliphatic carbocycles. The number of thioether (sulfide) groups is 1. The van der Waals surface area contributed by atoms with Crippen molar-refractivity contribution in [2.45, 2.75) is 11.8 Å². The highest BCUT2D eigenvalue weighted by molar-refractivity contribution is 8.03. The van der Waals surface area contributed by atoms with Gasteiger partial charge in [0.05, 0.1) is 22.3 Å². The second-order valence-corrected chi connectivity index (χ2v) is 5.84. The van der Waals surface area contributed by atoms with Crippen molar-refractivity contribution in [1.29, 1.82) is 5.26 Å². The smallest absolute Gasteiger partial charge is 0.124 e. The monoisotopic (exact) mass is 296 g/mol. The van der Waals surface area contributed by atoms with Crippen LogP contribution in [0.2, 0.25) is 0 Å². The fourth-order valence-electron chi connectivity index (χ4n) is 2.51. The van der Waals surface area contributed by atoms with Crippen LogP contribution in [0.1, 0.15) is 12.5 Å². The van der Waals surface area contributed by atoms with E-state index in [-0.39, 0.29) is 0 Å². The predicted molar refractivity (Wildman–Crippen MR) is 84.6 cm³/mol. The standard InChI is InChI=1S/C17H13FN2S/c1-3-20-11(2)21-17-9-12(4-7-16(17)20)15-6-5-14(18)8-13(15)10-19/h4-9H,2-3H2,1H3. The zero-order valence-corrected chi connectivity index (χ0v) is 12.4. The van der Waals surface area contributed by atoms with Crippen LogP contribution in [0.4, 0.5) is 10.1 Å². The summed E-state index contributed by atoms with van der Waals surface area (Å²) in [6.07, 6.45) is 0. The van der Waals surface area contributed by atoms with E-state index in [1.807, 2.05) is 18.2 Å². The quantitative estimate of drug-likeness (QED) is 0.799. The number of hydrogen-bond acceptors (Lipinski definition) is 3. The van der Waals surface area contributed by atoms with Gasteiger partial charge in [0.15, 0.2) is 0 Å². The van der Waals surface area contributed by atoms with Crippen LogP contribution in [-0.4, -0.2) is 6.54 Å². The Hall–Kier alpha value is -2.25. The van der Waals surface area contributed by atoms with E-state index in [1.165, 1.54) is 12.1 Å². The van der Waals surface area contributed by atoms with Gasteiger partial charge in [-0.05, 0) is 42.3 Å². The number of benzene rings is 2. The van der Waals surface area contributed by atoms with E-state index in [2.05, 4.69) is 24.5 Å². The van der Waals surface area contributed by atoms with Crippen molar-refractivity contribution in [3.63, 3.8) is 0 Å². The van der Waals surface area contributed by atoms with Crippen LogP contribution < -0.4 is 4.90 Å². The molecule has 0 unspecified atom stereocenters. The van der Waals surface area contributed by atoms with Gasteiger partial charge < -0.3 is 4.90 Å². The molecular weight excluding hydrogens is 283 g/mol. The van der Waals surface area contributed by atoms with Gasteiger partial charge in [-0.2, -0.15) is 5.26 Å². The van der Waals surface area contributed by atoms with Gasteiger partial charge in [0.1, 0.15) is 5.82 Å². The Kier molecular flexibility index (Phi) is 3.44. The normalized spacial score (nSPS) is 13.2. The first-order valence-electron chi connectivity index (χ1n) is 6.62. The molecule has 0 atom stereocenters. The van der Waals surface area contributed by atoms with Gasteiger partial charge in [-0.25, -0.2) is 4.39 Å². The van der Waals surface area contributed by atoms with E-state index in [1.54, 1.807) is 17.8 Å². The molecule has 0 radical (unpaired) electrons. The number of nitriles is 1. The fourth-order valence-corrected chi connectivity index (χ4v) is 3.57. The molecule has 0 N–H and O–H groups in total. The highest BCUT2D eigenvalue weighted by Gasteiger charge is 2.23. The number of halogens is 1. The van der Waals surface area contributed by atoms with Crippen LogP contribution in [-0.2, 0) is 0 Å². The molecule has 2 aromatic carbocycles. The molecule has 104 valence electrons. The fraction of sp³-hybridized carbons (Fsp3) is 0.118. The molecule has 2 aromatic rings. The number of fused-ring (bicyclic) bond motifs is 1. The molecule has 0 spiro atoms. The Labute approximate surface area is 127 Å². The van der Waals surface area contributed by atoms with Crippen molar-refractivity contribution in [2.24, 2.45) is 0 Å². The topological polar surface area (TPSA) is 27.0 Å². The molecule has 1 heterocycles. The zero-order valence-electron chi connectivity index (χ0n) is 11.6. The van der Waals surface area contributed by atoms with Gasteiger partial charge in [0.2, 0.25) is 0 Å². The number of rotatable bonds is 2. The Bertz CT molecular complexity index is 777. The minimum atomic E-state index is -0.392. The summed E-state index contributed by atoms with van der Waals surface area (Å²) in [6.45, 7) is 7.01. The van der Waals surface area contributed by atoms with Crippen LogP contribution in [0, 0.1) is 17.1 Å². The van der Waals surface area contributed by atoms with E-state index >= 15 is 0 Å². The number of anilines is 1. The maximum absolute atomic E-state index is 13.2. The Morgan fingerprint density at radius 3 is 2.81 bits per heavy atom. The lowest BCUT2D eigenvalue weighted by Crippen LogP contribution is -2.15. The molecule has 0 saturated heterocycles. The lowest BCUT2D eigenvalue weighted by molar-refractivity contribution is 0.627. The molecule has 0 fully saturated rings. The first-order valence-corrected chi connectivity index (χ1v) is 7.44. The van der Waals surface area contributed by atoms with Gasteiger partial charge >= 0.3 is 0 Å². The zero-order chi connectivity index (χ0) is 15.0. The van der Waals surface area contributed by atoms with Crippen molar-refractivity contribution in [2.75, 3.05) is 11.4 Å². The highest BCUT2D eigenvalue weighted by atomic mass is 32.2. The van der Waals surface area contributed by atoms with Crippen LogP contribution >= 0.6 is 11.8 Å². The molecule has 0 aromatic heterocycles. The maximum Gasteiger partial charge on any atom is 0.124 e. The molecular formula is C17H13FN2S. The van der Waals surface area contributed by atoms with Gasteiger partial charge in [0, 0.05) is 11.4 Å². The largest absolute Gasteiger partial charge is 0.336 e. The summed E-state index contributed by atoms with van der Waals surface area (Å²) in [5.41, 5.74) is 3.16. The van der Waals surface area contributed by atoms with E-state index in [4.69, 9.17) is 0 Å². The lowest BCUT2D eigenvalue weighted by atomic mass is 10.00. The summed E-state index contributed by atoms with van der Waals surface area (Å²) in [5, 5.41) is 10.2. The summed E-state index contributed by atoms with van der Waals surface area (Å²) in [5.74, 6) is -0.392. The summed E-state index contributed by atoms with van der Waals surface area (Å²) >= 11 is 1.62. The summed E-state index contributed by atoms with van der Waals surface area (Å²) in [6, 6.07) is 12.4. The SMILES string of the molecule is C=C1Sc2cc(-c3ccc(F)cc3C#N)ccc2N1CC. The predicted octanol–water partition coefficient (Wildman–Crippen LogP) is 4.77. The van der Waals surface area contributed by atoms with Crippen LogP contribution in [0.5, 0.6) is 0 Å². The Morgan fingerprint density at radius 2 is 2.10 bits per heavy atom. The number of hydrogen-bond donors (Lipinski definition) is 0. The van der Waals surface area contributed by atoms with Gasteiger partial charge in [0.25, 0.3) is 0 Å². The van der Waals surface area contributed by atoms with E-state index in [9.17, 15) is 9.65 Å². The average molecular weight is 296 g/mol. The third-order valence-corrected chi connectivity index (χ3v) is 4.51. The first-order chi connectivity index (χ1) is 10.1. The van der Waals surface area contributed by atoms with Gasteiger partial charge in [-0.15, -0.1) is 0 Å². The summed E-state index contributed by atoms with van der Waals surface area (Å²) < 4.78 is 13.2. The summed E-state index contributed by atoms with van der Waals surface area (Å²) in [7, 11) is 0. The maximum atomic E-state index is 13.2. The lowest BCUT2D eigenvalue weighted by Gasteiger charge is -2.17. The van der Waals surface area contributed by atoms with Crippen LogP contribution in [0.15, 0.2) is 52.9 Å². The minimum Gasteiger partial charge on any atom is -0.336 e. The van der Waals surface area contributed by atoms with Crippen molar-refractivity contribution in [1.82, 2.24) is 0 Å². The van der Waals surface area contributed by atoms with Gasteiger partial charge in [-0.1, -0.05) is 30.5 Å². The van der Waals surface area contributed by atoms with E-state index in [0.29, 0.717) is 5.56 Å². The second kappa shape index (κ2) is 5.27. The van der Waals surface area contributed by atoms with Crippen LogP contribution in [0.25, 0.3) is 11.1 Å². The van der Waals surface area contributed by atoms with Crippen LogP contribution in [0.3, 0.4) is 0 Å². The molecule has 4 heteroatoms. The molecule has 0 saturated carbocycles. The number of nitrogens with zero attached hydrogens (tertiary/aromatic N) is 2. The first kappa shape index (κ1) is 13.7. The molecule has 0 bridgehead atoms. The third kappa shape index (κ3) is 2.30. The third-order valence-electron chi connectivity index (χ3n) is 3.51. The molecule has 3 rings (SSSR count). The molecule has 1 aliphatic rings. The van der Waals surface area contributed by atoms with Gasteiger partial charge in [-0.3, -0.25) is 0 Å². The molecule has 0 amide bonds. The van der Waals surface area contributed by atoms with Crippen molar-refractivity contribution < 1.29 is 4.39 Å². The average Bonchev–Trinajstić information content (AvgIpc) is 2.81. The molecule has 1 aliphatic heterocycles. The van der Waals surface area contributed by atoms with Crippen molar-refractivity contribution in [3.05, 3.63) is 59.4 Å². The highest BCUT2D eigenvalue weighted by Crippen LogP contribution is 2.46. The second-order valence-electron chi connectivity index (χ2n) is 4.72. The van der Waals surface area contributed by atoms with Crippen molar-refractivity contribution >= 4 is 17.4 Å². The Morgan fingerprint density at radius 1 is 1.29 bits per heavy atom. The van der Waals surface area contributed by atoms with E-state index < -0.39 is 5.82 Å². The molecule has 21 heavy (non-hydrogen) atoms. The Balaban J connectivity index is 2.09. The van der Waals surface area contributed by atoms with Crippen molar-refractivity contribution in [3.8, 4) is 17.2 Å². The van der Waals surface area contributed by atoms with E-state index in [0.717, 1.165) is 33.3 Å². The minimum absolute atomic E-state index is 0.351. The molecule has 2 nitrogen and oxygen atoms in total. The summed E-state index contributed by atoms with van der Waals surface area (Å²) in [4.78, 5) is 3.27.